The maximum absolute atomic E-state index is 12.2. The number of halogens is 2. The Bertz CT molecular complexity index is 591. The van der Waals surface area contributed by atoms with Gasteiger partial charge in [-0.3, -0.25) is 4.79 Å². The number of hydrogen-bond donors (Lipinski definition) is 0. The van der Waals surface area contributed by atoms with Crippen LogP contribution in [0.15, 0.2) is 24.5 Å². The third-order valence-electron chi connectivity index (χ3n) is 2.66. The van der Waals surface area contributed by atoms with Gasteiger partial charge in [-0.2, -0.15) is 0 Å². The standard InChI is InChI=1S/C12H12Cl2N4O/c1-17-4-3-15-11(17)7-18(2)12(19)8-5-9(13)16-10(14)6-8/h3-6H,7H2,1-2H3. The van der Waals surface area contributed by atoms with Gasteiger partial charge in [0.15, 0.2) is 0 Å². The van der Waals surface area contributed by atoms with Crippen molar-refractivity contribution in [2.24, 2.45) is 7.05 Å². The van der Waals surface area contributed by atoms with Crippen molar-refractivity contribution in [1.29, 1.82) is 0 Å². The zero-order valence-electron chi connectivity index (χ0n) is 10.5. The van der Waals surface area contributed by atoms with Crippen LogP contribution in [0.3, 0.4) is 0 Å². The van der Waals surface area contributed by atoms with Gasteiger partial charge in [0.2, 0.25) is 0 Å². The number of rotatable bonds is 3. The minimum atomic E-state index is -0.186. The van der Waals surface area contributed by atoms with E-state index in [1.165, 1.54) is 12.1 Å². The number of amides is 1. The predicted octanol–water partition coefficient (Wildman–Crippen LogP) is 2.39. The van der Waals surface area contributed by atoms with Crippen molar-refractivity contribution in [3.05, 3.63) is 46.2 Å². The number of imidazole rings is 1. The van der Waals surface area contributed by atoms with Crippen LogP contribution in [-0.4, -0.2) is 32.4 Å². The second-order valence-corrected chi connectivity index (χ2v) is 4.89. The highest BCUT2D eigenvalue weighted by Crippen LogP contribution is 2.16. The molecule has 0 unspecified atom stereocenters. The molecule has 2 aromatic heterocycles. The average Bonchev–Trinajstić information content (AvgIpc) is 2.72. The summed E-state index contributed by atoms with van der Waals surface area (Å²) in [6.07, 6.45) is 3.52. The lowest BCUT2D eigenvalue weighted by Gasteiger charge is -2.17. The molecule has 0 atom stereocenters. The Balaban J connectivity index is 2.17. The average molecular weight is 299 g/mol. The van der Waals surface area contributed by atoms with Crippen LogP contribution in [0.1, 0.15) is 16.2 Å². The fourth-order valence-electron chi connectivity index (χ4n) is 1.64. The monoisotopic (exact) mass is 298 g/mol. The lowest BCUT2D eigenvalue weighted by atomic mass is 10.2. The largest absolute Gasteiger partial charge is 0.337 e. The van der Waals surface area contributed by atoms with E-state index in [0.717, 1.165) is 5.82 Å². The molecule has 7 heteroatoms. The fraction of sp³-hybridized carbons (Fsp3) is 0.250. The molecule has 0 N–H and O–H groups in total. The van der Waals surface area contributed by atoms with E-state index >= 15 is 0 Å². The maximum Gasteiger partial charge on any atom is 0.254 e. The molecule has 2 rings (SSSR count). The molecule has 1 amide bonds. The van der Waals surface area contributed by atoms with Crippen molar-refractivity contribution >= 4 is 29.1 Å². The molecule has 0 aliphatic heterocycles. The van der Waals surface area contributed by atoms with Gasteiger partial charge in [0, 0.05) is 32.1 Å². The van der Waals surface area contributed by atoms with Crippen molar-refractivity contribution < 1.29 is 4.79 Å². The summed E-state index contributed by atoms with van der Waals surface area (Å²) < 4.78 is 1.86. The summed E-state index contributed by atoms with van der Waals surface area (Å²) in [5.74, 6) is 0.608. The van der Waals surface area contributed by atoms with Crippen LogP contribution in [0.5, 0.6) is 0 Å². The zero-order chi connectivity index (χ0) is 14.0. The van der Waals surface area contributed by atoms with Crippen molar-refractivity contribution in [2.75, 3.05) is 7.05 Å². The number of aryl methyl sites for hydroxylation is 1. The van der Waals surface area contributed by atoms with Gasteiger partial charge in [0.05, 0.1) is 6.54 Å². The highest BCUT2D eigenvalue weighted by atomic mass is 35.5. The van der Waals surface area contributed by atoms with E-state index in [2.05, 4.69) is 9.97 Å². The molecule has 5 nitrogen and oxygen atoms in total. The van der Waals surface area contributed by atoms with E-state index in [9.17, 15) is 4.79 Å². The minimum absolute atomic E-state index is 0.186. The van der Waals surface area contributed by atoms with Crippen LogP contribution >= 0.6 is 23.2 Å². The minimum Gasteiger partial charge on any atom is -0.337 e. The fourth-order valence-corrected chi connectivity index (χ4v) is 2.10. The molecule has 2 heterocycles. The summed E-state index contributed by atoms with van der Waals surface area (Å²) >= 11 is 11.6. The molecular formula is C12H12Cl2N4O. The number of carbonyl (C=O) groups excluding carboxylic acids is 1. The first-order valence-electron chi connectivity index (χ1n) is 5.52. The normalized spacial score (nSPS) is 10.5. The van der Waals surface area contributed by atoms with E-state index in [4.69, 9.17) is 23.2 Å². The van der Waals surface area contributed by atoms with Crippen molar-refractivity contribution in [3.8, 4) is 0 Å². The molecule has 0 aliphatic carbocycles. The van der Waals surface area contributed by atoms with E-state index < -0.39 is 0 Å². The summed E-state index contributed by atoms with van der Waals surface area (Å²) in [6, 6.07) is 2.98. The molecule has 0 radical (unpaired) electrons. The molecule has 2 aromatic rings. The van der Waals surface area contributed by atoms with Crippen molar-refractivity contribution in [2.45, 2.75) is 6.54 Å². The van der Waals surface area contributed by atoms with Crippen LogP contribution in [0.2, 0.25) is 10.3 Å². The van der Waals surface area contributed by atoms with Crippen molar-refractivity contribution in [1.82, 2.24) is 19.4 Å². The zero-order valence-corrected chi connectivity index (χ0v) is 12.0. The molecule has 0 spiro atoms. The van der Waals surface area contributed by atoms with Crippen LogP contribution in [0.4, 0.5) is 0 Å². The summed E-state index contributed by atoms with van der Waals surface area (Å²) in [4.78, 5) is 21.8. The molecule has 0 saturated heterocycles. The molecule has 0 aliphatic rings. The van der Waals surface area contributed by atoms with E-state index in [0.29, 0.717) is 12.1 Å². The Kier molecular flexibility index (Phi) is 4.07. The number of carbonyl (C=O) groups is 1. The molecule has 0 bridgehead atoms. The van der Waals surface area contributed by atoms with E-state index in [-0.39, 0.29) is 16.2 Å². The topological polar surface area (TPSA) is 51.0 Å². The third-order valence-corrected chi connectivity index (χ3v) is 3.04. The molecule has 0 saturated carbocycles. The van der Waals surface area contributed by atoms with E-state index in [1.807, 2.05) is 17.8 Å². The molecule has 100 valence electrons. The molecule has 0 aromatic carbocycles. The van der Waals surface area contributed by atoms with Gasteiger partial charge >= 0.3 is 0 Å². The van der Waals surface area contributed by atoms with Gasteiger partial charge < -0.3 is 9.47 Å². The summed E-state index contributed by atoms with van der Waals surface area (Å²) in [6.45, 7) is 0.403. The van der Waals surface area contributed by atoms with Gasteiger partial charge in [-0.05, 0) is 12.1 Å². The number of nitrogens with zero attached hydrogens (tertiary/aromatic N) is 4. The molecular weight excluding hydrogens is 287 g/mol. The van der Waals surface area contributed by atoms with Gasteiger partial charge in [0.25, 0.3) is 5.91 Å². The Morgan fingerprint density at radius 3 is 2.53 bits per heavy atom. The van der Waals surface area contributed by atoms with Gasteiger partial charge in [-0.1, -0.05) is 23.2 Å². The summed E-state index contributed by atoms with van der Waals surface area (Å²) in [5.41, 5.74) is 0.404. The Morgan fingerprint density at radius 2 is 2.00 bits per heavy atom. The van der Waals surface area contributed by atoms with Gasteiger partial charge in [0.1, 0.15) is 16.1 Å². The quantitative estimate of drug-likeness (QED) is 0.818. The second-order valence-electron chi connectivity index (χ2n) is 4.12. The van der Waals surface area contributed by atoms with E-state index in [1.54, 1.807) is 18.1 Å². The highest BCUT2D eigenvalue weighted by Gasteiger charge is 2.15. The summed E-state index contributed by atoms with van der Waals surface area (Å²) in [7, 11) is 3.57. The molecule has 19 heavy (non-hydrogen) atoms. The Hall–Kier alpha value is -1.59. The van der Waals surface area contributed by atoms with Crippen LogP contribution < -0.4 is 0 Å². The van der Waals surface area contributed by atoms with Crippen LogP contribution in [0.25, 0.3) is 0 Å². The van der Waals surface area contributed by atoms with Crippen molar-refractivity contribution in [3.63, 3.8) is 0 Å². The molecule has 0 fully saturated rings. The lowest BCUT2D eigenvalue weighted by molar-refractivity contribution is 0.0780. The lowest BCUT2D eigenvalue weighted by Crippen LogP contribution is -2.27. The second kappa shape index (κ2) is 5.59. The smallest absolute Gasteiger partial charge is 0.254 e. The number of aromatic nitrogens is 3. The Morgan fingerprint density at radius 1 is 1.37 bits per heavy atom. The first-order valence-corrected chi connectivity index (χ1v) is 6.27. The number of hydrogen-bond acceptors (Lipinski definition) is 3. The van der Waals surface area contributed by atoms with Gasteiger partial charge in [-0.15, -0.1) is 0 Å². The first-order chi connectivity index (χ1) is 8.97. The van der Waals surface area contributed by atoms with Gasteiger partial charge in [-0.25, -0.2) is 9.97 Å². The maximum atomic E-state index is 12.2. The van der Waals surface area contributed by atoms with Crippen LogP contribution in [0, 0.1) is 0 Å². The Labute approximate surface area is 120 Å². The summed E-state index contributed by atoms with van der Waals surface area (Å²) in [5, 5.41) is 0.391. The predicted molar refractivity (Wildman–Crippen MR) is 73.3 cm³/mol. The third kappa shape index (κ3) is 3.24. The first kappa shape index (κ1) is 13.8. The number of pyridine rings is 1. The highest BCUT2D eigenvalue weighted by molar-refractivity contribution is 6.33. The SMILES string of the molecule is CN(Cc1nccn1C)C(=O)c1cc(Cl)nc(Cl)c1. The van der Waals surface area contributed by atoms with Crippen LogP contribution in [-0.2, 0) is 13.6 Å².